The molecule has 0 aliphatic carbocycles. The molecule has 1 saturated heterocycles. The summed E-state index contributed by atoms with van der Waals surface area (Å²) in [5.74, 6) is -0.105. The zero-order chi connectivity index (χ0) is 19.5. The minimum atomic E-state index is -0.413. The largest absolute Gasteiger partial charge is 0.323 e. The van der Waals surface area contributed by atoms with E-state index in [1.165, 1.54) is 5.56 Å². The zero-order valence-electron chi connectivity index (χ0n) is 15.6. The maximum Gasteiger partial charge on any atom is 0.229 e. The number of aryl methyl sites for hydroxylation is 1. The molecule has 2 aromatic heterocycles. The lowest BCUT2D eigenvalue weighted by Crippen LogP contribution is -2.28. The van der Waals surface area contributed by atoms with E-state index >= 15 is 0 Å². The Morgan fingerprint density at radius 3 is 2.71 bits per heavy atom. The van der Waals surface area contributed by atoms with E-state index in [1.54, 1.807) is 46.4 Å². The number of aromatic nitrogens is 3. The van der Waals surface area contributed by atoms with E-state index in [0.29, 0.717) is 18.1 Å². The van der Waals surface area contributed by atoms with Gasteiger partial charge in [0.05, 0.1) is 11.6 Å². The fourth-order valence-electron chi connectivity index (χ4n) is 3.35. The second-order valence-electron chi connectivity index (χ2n) is 6.74. The number of rotatable bonds is 5. The number of nitrogens with one attached hydrogen (secondary N) is 1. The van der Waals surface area contributed by atoms with Crippen LogP contribution in [0.5, 0.6) is 0 Å². The molecule has 1 atom stereocenters. The van der Waals surface area contributed by atoms with Gasteiger partial charge in [-0.1, -0.05) is 19.1 Å². The third-order valence-electron chi connectivity index (χ3n) is 4.92. The van der Waals surface area contributed by atoms with Crippen LogP contribution in [0.15, 0.2) is 61.1 Å². The number of carbonyl (C=O) groups excluding carboxylic acids is 2. The summed E-state index contributed by atoms with van der Waals surface area (Å²) < 4.78 is 1.59. The third kappa shape index (κ3) is 3.51. The van der Waals surface area contributed by atoms with Crippen molar-refractivity contribution in [3.8, 4) is 5.82 Å². The first-order valence-corrected chi connectivity index (χ1v) is 9.31. The molecule has 0 saturated carbocycles. The number of anilines is 2. The number of benzene rings is 1. The smallest absolute Gasteiger partial charge is 0.229 e. The second kappa shape index (κ2) is 7.64. The van der Waals surface area contributed by atoms with E-state index in [9.17, 15) is 9.59 Å². The van der Waals surface area contributed by atoms with Crippen molar-refractivity contribution >= 4 is 23.2 Å². The molecule has 2 amide bonds. The number of hydrogen-bond acceptors (Lipinski definition) is 4. The summed E-state index contributed by atoms with van der Waals surface area (Å²) >= 11 is 0. The van der Waals surface area contributed by atoms with Crippen molar-refractivity contribution in [1.82, 2.24) is 14.8 Å². The van der Waals surface area contributed by atoms with Gasteiger partial charge >= 0.3 is 0 Å². The summed E-state index contributed by atoms with van der Waals surface area (Å²) in [6, 6.07) is 13.2. The normalized spacial score (nSPS) is 16.4. The average molecular weight is 375 g/mol. The minimum absolute atomic E-state index is 0.0390. The summed E-state index contributed by atoms with van der Waals surface area (Å²) in [7, 11) is 0. The van der Waals surface area contributed by atoms with Crippen LogP contribution in [-0.2, 0) is 16.0 Å². The molecule has 0 bridgehead atoms. The van der Waals surface area contributed by atoms with E-state index in [1.807, 2.05) is 24.3 Å². The maximum atomic E-state index is 12.8. The van der Waals surface area contributed by atoms with Crippen LogP contribution in [0.25, 0.3) is 5.82 Å². The molecule has 1 unspecified atom stereocenters. The summed E-state index contributed by atoms with van der Waals surface area (Å²) in [6.45, 7) is 2.46. The third-order valence-corrected chi connectivity index (χ3v) is 4.92. The van der Waals surface area contributed by atoms with Crippen LogP contribution in [0, 0.1) is 5.92 Å². The first-order valence-electron chi connectivity index (χ1n) is 9.31. The number of carbonyl (C=O) groups is 2. The lowest BCUT2D eigenvalue weighted by molar-refractivity contribution is -0.122. The number of pyridine rings is 1. The van der Waals surface area contributed by atoms with Crippen molar-refractivity contribution in [3.63, 3.8) is 0 Å². The van der Waals surface area contributed by atoms with Gasteiger partial charge in [-0.05, 0) is 42.3 Å². The molecule has 0 radical (unpaired) electrons. The topological polar surface area (TPSA) is 80.1 Å². The highest BCUT2D eigenvalue weighted by Crippen LogP contribution is 2.27. The van der Waals surface area contributed by atoms with Crippen molar-refractivity contribution in [1.29, 1.82) is 0 Å². The SMILES string of the molecule is CCc1ccc(N2CC(C(=O)Nc3cccnc3-n3cccn3)CC2=O)cc1. The monoisotopic (exact) mass is 375 g/mol. The van der Waals surface area contributed by atoms with Crippen molar-refractivity contribution in [2.45, 2.75) is 19.8 Å². The lowest BCUT2D eigenvalue weighted by Gasteiger charge is -2.17. The molecule has 1 aromatic carbocycles. The van der Waals surface area contributed by atoms with Crippen molar-refractivity contribution in [3.05, 3.63) is 66.6 Å². The quantitative estimate of drug-likeness (QED) is 0.744. The van der Waals surface area contributed by atoms with Crippen LogP contribution in [0.3, 0.4) is 0 Å². The Hall–Kier alpha value is -3.48. The fourth-order valence-corrected chi connectivity index (χ4v) is 3.35. The Labute approximate surface area is 163 Å². The number of nitrogens with zero attached hydrogens (tertiary/aromatic N) is 4. The van der Waals surface area contributed by atoms with Crippen molar-refractivity contribution in [2.75, 3.05) is 16.8 Å². The van der Waals surface area contributed by atoms with E-state index in [4.69, 9.17) is 0 Å². The molecule has 0 spiro atoms. The van der Waals surface area contributed by atoms with Gasteiger partial charge in [0.15, 0.2) is 5.82 Å². The summed E-state index contributed by atoms with van der Waals surface area (Å²) in [5.41, 5.74) is 2.61. The molecule has 3 heterocycles. The van der Waals surface area contributed by atoms with Gasteiger partial charge in [-0.2, -0.15) is 5.10 Å². The van der Waals surface area contributed by atoms with Crippen LogP contribution < -0.4 is 10.2 Å². The molecule has 7 heteroatoms. The van der Waals surface area contributed by atoms with Gasteiger partial charge in [-0.3, -0.25) is 9.59 Å². The molecule has 142 valence electrons. The fraction of sp³-hybridized carbons (Fsp3) is 0.238. The van der Waals surface area contributed by atoms with Crippen molar-refractivity contribution in [2.24, 2.45) is 5.92 Å². The Morgan fingerprint density at radius 2 is 2.00 bits per heavy atom. The van der Waals surface area contributed by atoms with Crippen LogP contribution in [-0.4, -0.2) is 33.1 Å². The number of amides is 2. The Morgan fingerprint density at radius 1 is 1.18 bits per heavy atom. The highest BCUT2D eigenvalue weighted by atomic mass is 16.2. The summed E-state index contributed by atoms with van der Waals surface area (Å²) in [6.07, 6.45) is 6.20. The Bertz CT molecular complexity index is 982. The second-order valence-corrected chi connectivity index (χ2v) is 6.74. The Kier molecular flexibility index (Phi) is 4.89. The van der Waals surface area contributed by atoms with E-state index < -0.39 is 5.92 Å². The highest BCUT2D eigenvalue weighted by Gasteiger charge is 2.35. The zero-order valence-corrected chi connectivity index (χ0v) is 15.6. The van der Waals surface area contributed by atoms with Crippen LogP contribution in [0.4, 0.5) is 11.4 Å². The molecule has 3 aromatic rings. The predicted octanol–water partition coefficient (Wildman–Crippen LogP) is 2.82. The standard InChI is InChI=1S/C21H21N5O2/c1-2-15-6-8-17(9-7-15)25-14-16(13-19(25)27)21(28)24-18-5-3-10-22-20(18)26-12-4-11-23-26/h3-12,16H,2,13-14H2,1H3,(H,24,28). The molecular weight excluding hydrogens is 354 g/mol. The summed E-state index contributed by atoms with van der Waals surface area (Å²) in [5, 5.41) is 7.08. The highest BCUT2D eigenvalue weighted by molar-refractivity contribution is 6.03. The first kappa shape index (κ1) is 17.9. The molecular formula is C21H21N5O2. The molecule has 1 N–H and O–H groups in total. The molecule has 28 heavy (non-hydrogen) atoms. The van der Waals surface area contributed by atoms with E-state index in [0.717, 1.165) is 12.1 Å². The molecule has 4 rings (SSSR count). The van der Waals surface area contributed by atoms with E-state index in [2.05, 4.69) is 22.3 Å². The maximum absolute atomic E-state index is 12.8. The van der Waals surface area contributed by atoms with Crippen LogP contribution in [0.1, 0.15) is 18.9 Å². The number of hydrogen-bond donors (Lipinski definition) is 1. The van der Waals surface area contributed by atoms with Gasteiger partial charge in [0.1, 0.15) is 0 Å². The van der Waals surface area contributed by atoms with Gasteiger partial charge in [0.2, 0.25) is 11.8 Å². The predicted molar refractivity (Wildman–Crippen MR) is 106 cm³/mol. The minimum Gasteiger partial charge on any atom is -0.323 e. The average Bonchev–Trinajstić information content (AvgIpc) is 3.38. The van der Waals surface area contributed by atoms with E-state index in [-0.39, 0.29) is 18.2 Å². The Balaban J connectivity index is 1.49. The van der Waals surface area contributed by atoms with Crippen LogP contribution in [0.2, 0.25) is 0 Å². The molecule has 1 fully saturated rings. The van der Waals surface area contributed by atoms with Gasteiger partial charge in [0, 0.05) is 37.2 Å². The van der Waals surface area contributed by atoms with Gasteiger partial charge < -0.3 is 10.2 Å². The lowest BCUT2D eigenvalue weighted by atomic mass is 10.1. The summed E-state index contributed by atoms with van der Waals surface area (Å²) in [4.78, 5) is 31.3. The molecule has 1 aliphatic rings. The van der Waals surface area contributed by atoms with Gasteiger partial charge in [0.25, 0.3) is 0 Å². The first-order chi connectivity index (χ1) is 13.7. The molecule has 1 aliphatic heterocycles. The molecule has 7 nitrogen and oxygen atoms in total. The van der Waals surface area contributed by atoms with Crippen molar-refractivity contribution < 1.29 is 9.59 Å². The van der Waals surface area contributed by atoms with Gasteiger partial charge in [-0.15, -0.1) is 0 Å². The van der Waals surface area contributed by atoms with Crippen LogP contribution >= 0.6 is 0 Å². The van der Waals surface area contributed by atoms with Gasteiger partial charge in [-0.25, -0.2) is 9.67 Å².